The minimum atomic E-state index is -0.0268. The number of hydrogen-bond acceptors (Lipinski definition) is 3. The molecule has 136 valence electrons. The van der Waals surface area contributed by atoms with Gasteiger partial charge in [0.15, 0.2) is 5.78 Å². The van der Waals surface area contributed by atoms with Gasteiger partial charge in [0.1, 0.15) is 0 Å². The predicted octanol–water partition coefficient (Wildman–Crippen LogP) is 4.36. The largest absolute Gasteiger partial charge is 0.349 e. The van der Waals surface area contributed by atoms with E-state index in [0.29, 0.717) is 17.1 Å². The molecule has 0 spiro atoms. The van der Waals surface area contributed by atoms with E-state index in [9.17, 15) is 9.59 Å². The van der Waals surface area contributed by atoms with Crippen molar-refractivity contribution in [2.45, 2.75) is 38.6 Å². The van der Waals surface area contributed by atoms with Gasteiger partial charge in [-0.1, -0.05) is 48.5 Å². The van der Waals surface area contributed by atoms with Crippen LogP contribution in [0.2, 0.25) is 0 Å². The van der Waals surface area contributed by atoms with E-state index in [4.69, 9.17) is 0 Å². The number of thioether (sulfide) groups is 1. The Morgan fingerprint density at radius 2 is 1.73 bits per heavy atom. The lowest BCUT2D eigenvalue weighted by Crippen LogP contribution is -2.28. The fraction of sp³-hybridized carbons (Fsp3) is 0.364. The highest BCUT2D eigenvalue weighted by atomic mass is 32.2. The van der Waals surface area contributed by atoms with E-state index in [0.717, 1.165) is 12.0 Å². The Kier molecular flexibility index (Phi) is 6.51. The van der Waals surface area contributed by atoms with Gasteiger partial charge >= 0.3 is 0 Å². The molecule has 0 aliphatic heterocycles. The number of fused-ring (bicyclic) bond motifs is 1. The number of carbonyl (C=O) groups excluding carboxylic acids is 2. The number of rotatable bonds is 7. The molecule has 2 aromatic rings. The van der Waals surface area contributed by atoms with Crippen molar-refractivity contribution in [2.24, 2.45) is 0 Å². The summed E-state index contributed by atoms with van der Waals surface area (Å²) in [6.07, 6.45) is 4.84. The second-order valence-electron chi connectivity index (χ2n) is 6.81. The van der Waals surface area contributed by atoms with Crippen LogP contribution in [0.4, 0.5) is 0 Å². The Morgan fingerprint density at radius 1 is 1.00 bits per heavy atom. The van der Waals surface area contributed by atoms with E-state index in [1.54, 1.807) is 12.1 Å². The molecule has 1 amide bonds. The summed E-state index contributed by atoms with van der Waals surface area (Å²) in [6.45, 7) is 2.02. The molecule has 26 heavy (non-hydrogen) atoms. The highest BCUT2D eigenvalue weighted by molar-refractivity contribution is 8.00. The third kappa shape index (κ3) is 4.98. The molecule has 2 aromatic carbocycles. The maximum atomic E-state index is 12.2. The molecule has 1 aliphatic rings. The Hall–Kier alpha value is -2.07. The molecule has 0 saturated heterocycles. The van der Waals surface area contributed by atoms with Crippen LogP contribution in [0.3, 0.4) is 0 Å². The van der Waals surface area contributed by atoms with Crippen molar-refractivity contribution in [3.8, 4) is 0 Å². The van der Waals surface area contributed by atoms with Crippen LogP contribution >= 0.6 is 11.8 Å². The van der Waals surface area contributed by atoms with E-state index in [-0.39, 0.29) is 17.7 Å². The van der Waals surface area contributed by atoms with Crippen molar-refractivity contribution in [3.05, 3.63) is 70.8 Å². The van der Waals surface area contributed by atoms with Gasteiger partial charge in [0.25, 0.3) is 0 Å². The van der Waals surface area contributed by atoms with Gasteiger partial charge in [0, 0.05) is 5.56 Å². The van der Waals surface area contributed by atoms with Crippen molar-refractivity contribution in [3.63, 3.8) is 0 Å². The summed E-state index contributed by atoms with van der Waals surface area (Å²) in [5.41, 5.74) is 4.73. The molecule has 1 atom stereocenters. The number of ketones is 1. The fourth-order valence-corrected chi connectivity index (χ4v) is 4.06. The van der Waals surface area contributed by atoms with Gasteiger partial charge in [-0.25, -0.2) is 0 Å². The maximum Gasteiger partial charge on any atom is 0.230 e. The van der Waals surface area contributed by atoms with Crippen LogP contribution in [0, 0.1) is 0 Å². The topological polar surface area (TPSA) is 46.2 Å². The maximum absolute atomic E-state index is 12.2. The first-order valence-corrected chi connectivity index (χ1v) is 10.4. The smallest absolute Gasteiger partial charge is 0.230 e. The Balaban J connectivity index is 1.46. The highest BCUT2D eigenvalue weighted by Gasteiger charge is 2.14. The van der Waals surface area contributed by atoms with Crippen LogP contribution in [-0.4, -0.2) is 23.2 Å². The molecule has 0 fully saturated rings. The van der Waals surface area contributed by atoms with Gasteiger partial charge in [0.05, 0.1) is 17.5 Å². The van der Waals surface area contributed by atoms with E-state index in [2.05, 4.69) is 23.5 Å². The number of amides is 1. The van der Waals surface area contributed by atoms with Crippen LogP contribution in [0.5, 0.6) is 0 Å². The lowest BCUT2D eigenvalue weighted by atomic mass is 9.89. The molecule has 3 nitrogen and oxygen atoms in total. The fourth-order valence-electron chi connectivity index (χ4n) is 3.33. The molecule has 0 unspecified atom stereocenters. The first kappa shape index (κ1) is 18.7. The zero-order valence-electron chi connectivity index (χ0n) is 15.2. The normalized spacial score (nSPS) is 14.3. The number of hydrogen-bond donors (Lipinski definition) is 1. The lowest BCUT2D eigenvalue weighted by Gasteiger charge is -2.20. The molecule has 0 heterocycles. The molecule has 0 aromatic heterocycles. The van der Waals surface area contributed by atoms with Crippen LogP contribution in [0.1, 0.15) is 52.9 Å². The van der Waals surface area contributed by atoms with Crippen LogP contribution in [0.15, 0.2) is 48.5 Å². The van der Waals surface area contributed by atoms with Crippen molar-refractivity contribution < 1.29 is 9.59 Å². The summed E-state index contributed by atoms with van der Waals surface area (Å²) in [7, 11) is 0. The average Bonchev–Trinajstić information content (AvgIpc) is 2.68. The van der Waals surface area contributed by atoms with E-state index in [1.807, 2.05) is 25.1 Å². The summed E-state index contributed by atoms with van der Waals surface area (Å²) in [4.78, 5) is 24.2. The molecule has 0 bridgehead atoms. The van der Waals surface area contributed by atoms with Gasteiger partial charge in [-0.2, -0.15) is 0 Å². The second-order valence-corrected chi connectivity index (χ2v) is 7.79. The molecular weight excluding hydrogens is 342 g/mol. The molecule has 4 heteroatoms. The van der Waals surface area contributed by atoms with Gasteiger partial charge in [-0.15, -0.1) is 11.8 Å². The third-order valence-corrected chi connectivity index (χ3v) is 5.74. The lowest BCUT2D eigenvalue weighted by molar-refractivity contribution is -0.119. The average molecular weight is 368 g/mol. The van der Waals surface area contributed by atoms with Crippen LogP contribution < -0.4 is 5.32 Å². The van der Waals surface area contributed by atoms with E-state index < -0.39 is 0 Å². The monoisotopic (exact) mass is 367 g/mol. The number of aryl methyl sites for hydroxylation is 2. The minimum Gasteiger partial charge on any atom is -0.349 e. The second kappa shape index (κ2) is 9.04. The third-order valence-electron chi connectivity index (χ3n) is 4.81. The molecule has 0 saturated carbocycles. The Morgan fingerprint density at radius 3 is 2.50 bits per heavy atom. The van der Waals surface area contributed by atoms with Crippen LogP contribution in [0.25, 0.3) is 0 Å². The number of Topliss-reactive ketones (excluding diaryl/α,β-unsaturated/α-hetero) is 1. The molecular formula is C22H25NO2S. The van der Waals surface area contributed by atoms with E-state index in [1.165, 1.54) is 42.2 Å². The zero-order valence-corrected chi connectivity index (χ0v) is 16.0. The standard InChI is InChI=1S/C22H25NO2S/c1-16(19-12-11-17-7-5-6-10-20(17)13-19)23-22(25)15-26-14-21(24)18-8-3-2-4-9-18/h2-4,8-9,11-13,16H,5-7,10,14-15H2,1H3,(H,23,25)/t16-/m0/s1. The number of carbonyl (C=O) groups is 2. The van der Waals surface area contributed by atoms with E-state index >= 15 is 0 Å². The SMILES string of the molecule is C[C@H](NC(=O)CSCC(=O)c1ccccc1)c1ccc2c(c1)CCCC2. The summed E-state index contributed by atoms with van der Waals surface area (Å²) < 4.78 is 0. The zero-order chi connectivity index (χ0) is 18.4. The summed E-state index contributed by atoms with van der Waals surface area (Å²) in [5.74, 6) is 0.658. The van der Waals surface area contributed by atoms with Crippen molar-refractivity contribution in [1.29, 1.82) is 0 Å². The molecule has 1 N–H and O–H groups in total. The van der Waals surface area contributed by atoms with Gasteiger partial charge in [-0.3, -0.25) is 9.59 Å². The summed E-state index contributed by atoms with van der Waals surface area (Å²) in [5, 5.41) is 3.05. The Labute approximate surface area is 159 Å². The highest BCUT2D eigenvalue weighted by Crippen LogP contribution is 2.24. The quantitative estimate of drug-likeness (QED) is 0.740. The van der Waals surface area contributed by atoms with Gasteiger partial charge in [-0.05, 0) is 49.3 Å². The van der Waals surface area contributed by atoms with Crippen molar-refractivity contribution in [2.75, 3.05) is 11.5 Å². The van der Waals surface area contributed by atoms with Crippen molar-refractivity contribution >= 4 is 23.5 Å². The number of nitrogens with one attached hydrogen (secondary N) is 1. The molecule has 1 aliphatic carbocycles. The minimum absolute atomic E-state index is 0.0137. The Bertz CT molecular complexity index is 773. The van der Waals surface area contributed by atoms with Gasteiger partial charge < -0.3 is 5.32 Å². The van der Waals surface area contributed by atoms with Crippen molar-refractivity contribution in [1.82, 2.24) is 5.32 Å². The summed E-state index contributed by atoms with van der Waals surface area (Å²) >= 11 is 1.36. The number of benzene rings is 2. The predicted molar refractivity (Wildman–Crippen MR) is 108 cm³/mol. The first-order valence-electron chi connectivity index (χ1n) is 9.20. The van der Waals surface area contributed by atoms with Gasteiger partial charge in [0.2, 0.25) is 5.91 Å². The molecule has 3 rings (SSSR count). The summed E-state index contributed by atoms with van der Waals surface area (Å²) in [6, 6.07) is 15.8. The first-order chi connectivity index (χ1) is 12.6. The van der Waals surface area contributed by atoms with Crippen LogP contribution in [-0.2, 0) is 17.6 Å². The molecule has 0 radical (unpaired) electrons.